The zero-order valence-corrected chi connectivity index (χ0v) is 20.3. The number of rotatable bonds is 6. The molecule has 1 amide bonds. The maximum absolute atomic E-state index is 13.2. The highest BCUT2D eigenvalue weighted by Crippen LogP contribution is 2.36. The van der Waals surface area contributed by atoms with Crippen molar-refractivity contribution in [3.05, 3.63) is 90.1 Å². The summed E-state index contributed by atoms with van der Waals surface area (Å²) < 4.78 is 11.9. The number of carbonyl (C=O) groups is 1. The summed E-state index contributed by atoms with van der Waals surface area (Å²) in [5.74, 6) is 1.70. The molecule has 9 heteroatoms. The predicted molar refractivity (Wildman–Crippen MR) is 138 cm³/mol. The van der Waals surface area contributed by atoms with Crippen LogP contribution >= 0.6 is 0 Å². The van der Waals surface area contributed by atoms with Gasteiger partial charge >= 0.3 is 0 Å². The van der Waals surface area contributed by atoms with E-state index in [-0.39, 0.29) is 11.9 Å². The molecule has 0 bridgehead atoms. The van der Waals surface area contributed by atoms with E-state index in [0.29, 0.717) is 24.0 Å². The van der Waals surface area contributed by atoms with E-state index in [1.807, 2.05) is 60.7 Å². The van der Waals surface area contributed by atoms with E-state index in [0.717, 1.165) is 54.9 Å². The van der Waals surface area contributed by atoms with E-state index in [2.05, 4.69) is 31.1 Å². The topological polar surface area (TPSA) is 114 Å². The minimum absolute atomic E-state index is 0.0881. The normalized spacial score (nSPS) is 18.3. The second-order valence-electron chi connectivity index (χ2n) is 9.39. The molecule has 0 spiro atoms. The molecule has 4 aromatic rings. The highest BCUT2D eigenvalue weighted by molar-refractivity contribution is 5.95. The van der Waals surface area contributed by atoms with E-state index >= 15 is 0 Å². The van der Waals surface area contributed by atoms with Crippen LogP contribution in [0.25, 0.3) is 11.5 Å². The predicted octanol–water partition coefficient (Wildman–Crippen LogP) is 4.08. The van der Waals surface area contributed by atoms with Gasteiger partial charge in [0, 0.05) is 41.2 Å². The number of fused-ring (bicyclic) bond motifs is 1. The summed E-state index contributed by atoms with van der Waals surface area (Å²) in [5.41, 5.74) is 2.70. The van der Waals surface area contributed by atoms with E-state index in [9.17, 15) is 4.79 Å². The number of nitrogens with zero attached hydrogens (tertiary/aromatic N) is 3. The Morgan fingerprint density at radius 3 is 2.70 bits per heavy atom. The first-order valence-electron chi connectivity index (χ1n) is 12.6. The third-order valence-electron chi connectivity index (χ3n) is 6.99. The zero-order valence-electron chi connectivity index (χ0n) is 20.3. The first kappa shape index (κ1) is 23.2. The molecule has 0 radical (unpaired) electrons. The lowest BCUT2D eigenvalue weighted by Crippen LogP contribution is -2.45. The van der Waals surface area contributed by atoms with Crippen molar-refractivity contribution in [2.24, 2.45) is 0 Å². The molecule has 2 aromatic heterocycles. The second-order valence-corrected chi connectivity index (χ2v) is 9.39. The van der Waals surface area contributed by atoms with E-state index in [4.69, 9.17) is 9.15 Å². The van der Waals surface area contributed by atoms with Crippen molar-refractivity contribution in [2.45, 2.75) is 30.8 Å². The van der Waals surface area contributed by atoms with Crippen LogP contribution < -0.4 is 20.7 Å². The minimum atomic E-state index is -0.543. The van der Waals surface area contributed by atoms with Gasteiger partial charge in [-0.15, -0.1) is 10.2 Å². The van der Waals surface area contributed by atoms with E-state index < -0.39 is 5.54 Å². The number of hydrogen-bond donors (Lipinski definition) is 3. The highest BCUT2D eigenvalue weighted by Gasteiger charge is 2.39. The van der Waals surface area contributed by atoms with Gasteiger partial charge < -0.3 is 25.1 Å². The number of ether oxygens (including phenoxy) is 1. The van der Waals surface area contributed by atoms with Crippen LogP contribution in [0.15, 0.2) is 77.5 Å². The average molecular weight is 497 g/mol. The fourth-order valence-electron chi connectivity index (χ4n) is 5.02. The van der Waals surface area contributed by atoms with Gasteiger partial charge in [0.05, 0.1) is 12.6 Å². The Labute approximate surface area is 214 Å². The summed E-state index contributed by atoms with van der Waals surface area (Å²) in [6.45, 7) is 2.19. The van der Waals surface area contributed by atoms with Crippen molar-refractivity contribution < 1.29 is 13.9 Å². The summed E-state index contributed by atoms with van der Waals surface area (Å²) in [6, 6.07) is 19.0. The van der Waals surface area contributed by atoms with E-state index in [1.165, 1.54) is 0 Å². The summed E-state index contributed by atoms with van der Waals surface area (Å²) in [6.07, 6.45) is 5.66. The smallest absolute Gasteiger partial charge is 0.251 e. The second kappa shape index (κ2) is 10.0. The van der Waals surface area contributed by atoms with E-state index in [1.54, 1.807) is 12.4 Å². The summed E-state index contributed by atoms with van der Waals surface area (Å²) >= 11 is 0. The molecule has 1 saturated heterocycles. The quantitative estimate of drug-likeness (QED) is 0.366. The Kier molecular flexibility index (Phi) is 6.28. The molecular weight excluding hydrogens is 468 g/mol. The zero-order chi connectivity index (χ0) is 25.1. The largest absolute Gasteiger partial charge is 0.493 e. The molecule has 4 heterocycles. The Hall–Kier alpha value is -4.24. The van der Waals surface area contributed by atoms with Crippen LogP contribution in [-0.4, -0.2) is 40.8 Å². The fourth-order valence-corrected chi connectivity index (χ4v) is 5.02. The van der Waals surface area contributed by atoms with Crippen LogP contribution in [0, 0.1) is 0 Å². The molecule has 2 aliphatic heterocycles. The number of hydrogen-bond acceptors (Lipinski definition) is 8. The maximum atomic E-state index is 13.2. The van der Waals surface area contributed by atoms with Gasteiger partial charge in [0.15, 0.2) is 0 Å². The molecule has 0 saturated carbocycles. The molecule has 1 fully saturated rings. The van der Waals surface area contributed by atoms with Crippen LogP contribution in [0.3, 0.4) is 0 Å². The SMILES string of the molecule is O=C(N[C@@H]1CCOc2ccccc21)c1cccc(NC2(c3nnc(-c4ccncc4)o3)CCNCC2)c1. The van der Waals surface area contributed by atoms with Crippen LogP contribution in [0.4, 0.5) is 5.69 Å². The molecule has 2 aromatic carbocycles. The van der Waals surface area contributed by atoms with Crippen LogP contribution in [-0.2, 0) is 5.54 Å². The van der Waals surface area contributed by atoms with Crippen molar-refractivity contribution in [3.8, 4) is 17.2 Å². The number of piperidine rings is 1. The monoisotopic (exact) mass is 496 g/mol. The van der Waals surface area contributed by atoms with Gasteiger partial charge in [0.25, 0.3) is 5.91 Å². The molecule has 1 atom stereocenters. The summed E-state index contributed by atoms with van der Waals surface area (Å²) in [5, 5.41) is 18.9. The molecule has 3 N–H and O–H groups in total. The molecule has 37 heavy (non-hydrogen) atoms. The molecule has 6 rings (SSSR count). The Bertz CT molecular complexity index is 1380. The Morgan fingerprint density at radius 1 is 1.00 bits per heavy atom. The van der Waals surface area contributed by atoms with Crippen molar-refractivity contribution in [2.75, 3.05) is 25.0 Å². The molecule has 0 unspecified atom stereocenters. The summed E-state index contributed by atoms with van der Waals surface area (Å²) in [7, 11) is 0. The van der Waals surface area contributed by atoms with Gasteiger partial charge in [-0.3, -0.25) is 9.78 Å². The standard InChI is InChI=1S/C28H28N6O3/c35-25(31-23-10-17-36-24-7-2-1-6-22(23)24)20-4-3-5-21(18-20)32-28(11-15-30-16-12-28)27-34-33-26(37-27)19-8-13-29-14-9-19/h1-9,13-14,18,23,30,32H,10-12,15-17H2,(H,31,35)/t23-/m1/s1. The van der Waals surface area contributed by atoms with Crippen LogP contribution in [0.1, 0.15) is 47.1 Å². The molecule has 0 aliphatic carbocycles. The van der Waals surface area contributed by atoms with Crippen molar-refractivity contribution in [1.29, 1.82) is 0 Å². The molecule has 9 nitrogen and oxygen atoms in total. The van der Waals surface area contributed by atoms with Crippen LogP contribution in [0.5, 0.6) is 5.75 Å². The number of aromatic nitrogens is 3. The number of carbonyl (C=O) groups excluding carboxylic acids is 1. The molecular formula is C28H28N6O3. The number of para-hydroxylation sites is 1. The van der Waals surface area contributed by atoms with Gasteiger partial charge in [-0.25, -0.2) is 0 Å². The average Bonchev–Trinajstić information content (AvgIpc) is 3.46. The maximum Gasteiger partial charge on any atom is 0.251 e. The van der Waals surface area contributed by atoms with Gasteiger partial charge in [0.1, 0.15) is 11.3 Å². The van der Waals surface area contributed by atoms with Gasteiger partial charge in [-0.05, 0) is 62.3 Å². The third-order valence-corrected chi connectivity index (χ3v) is 6.99. The molecule has 188 valence electrons. The van der Waals surface area contributed by atoms with Crippen molar-refractivity contribution in [1.82, 2.24) is 25.8 Å². The first-order chi connectivity index (χ1) is 18.2. The highest BCUT2D eigenvalue weighted by atomic mass is 16.5. The molecule has 2 aliphatic rings. The van der Waals surface area contributed by atoms with Crippen LogP contribution in [0.2, 0.25) is 0 Å². The number of amides is 1. The van der Waals surface area contributed by atoms with Gasteiger partial charge in [-0.1, -0.05) is 24.3 Å². The number of benzene rings is 2. The van der Waals surface area contributed by atoms with Gasteiger partial charge in [-0.2, -0.15) is 0 Å². The third kappa shape index (κ3) is 4.77. The lowest BCUT2D eigenvalue weighted by Gasteiger charge is -2.36. The number of pyridine rings is 1. The lowest BCUT2D eigenvalue weighted by atomic mass is 9.87. The lowest BCUT2D eigenvalue weighted by molar-refractivity contribution is 0.0925. The van der Waals surface area contributed by atoms with Gasteiger partial charge in [0.2, 0.25) is 11.8 Å². The van der Waals surface area contributed by atoms with Crippen molar-refractivity contribution in [3.63, 3.8) is 0 Å². The first-order valence-corrected chi connectivity index (χ1v) is 12.6. The minimum Gasteiger partial charge on any atom is -0.493 e. The Morgan fingerprint density at radius 2 is 1.84 bits per heavy atom. The summed E-state index contributed by atoms with van der Waals surface area (Å²) in [4.78, 5) is 17.3. The van der Waals surface area contributed by atoms with Crippen molar-refractivity contribution >= 4 is 11.6 Å². The number of nitrogens with one attached hydrogen (secondary N) is 3. The number of anilines is 1. The Balaban J connectivity index is 1.23. The fraction of sp³-hybridized carbons (Fsp3) is 0.286.